The monoisotopic (exact) mass is 418 g/mol. The van der Waals surface area contributed by atoms with Crippen LogP contribution in [0.1, 0.15) is 36.8 Å². The Balaban J connectivity index is 1.42. The van der Waals surface area contributed by atoms with Crippen LogP contribution in [0.25, 0.3) is 6.08 Å². The van der Waals surface area contributed by atoms with Gasteiger partial charge in [-0.05, 0) is 31.4 Å². The van der Waals surface area contributed by atoms with Gasteiger partial charge >= 0.3 is 0 Å². The average Bonchev–Trinajstić information content (AvgIpc) is 2.97. The highest BCUT2D eigenvalue weighted by molar-refractivity contribution is 8.26. The van der Waals surface area contributed by atoms with Gasteiger partial charge < -0.3 is 9.64 Å². The number of hydrogen-bond acceptors (Lipinski definition) is 5. The van der Waals surface area contributed by atoms with Crippen molar-refractivity contribution < 1.29 is 14.3 Å². The molecule has 2 aliphatic heterocycles. The molecule has 0 saturated carbocycles. The first-order valence-electron chi connectivity index (χ1n) is 9.72. The van der Waals surface area contributed by atoms with Gasteiger partial charge in [-0.3, -0.25) is 14.5 Å². The number of aryl methyl sites for hydroxylation is 1. The van der Waals surface area contributed by atoms with E-state index in [1.54, 1.807) is 4.90 Å². The summed E-state index contributed by atoms with van der Waals surface area (Å²) in [5.41, 5.74) is 2.20. The Hall–Kier alpha value is -1.70. The van der Waals surface area contributed by atoms with Crippen molar-refractivity contribution in [3.8, 4) is 0 Å². The molecule has 0 unspecified atom stereocenters. The fourth-order valence-electron chi connectivity index (χ4n) is 3.20. The highest BCUT2D eigenvalue weighted by Gasteiger charge is 2.31. The number of thioether (sulfide) groups is 1. The molecule has 1 aromatic rings. The fourth-order valence-corrected chi connectivity index (χ4v) is 4.51. The van der Waals surface area contributed by atoms with E-state index >= 15 is 0 Å². The van der Waals surface area contributed by atoms with E-state index in [0.29, 0.717) is 48.5 Å². The van der Waals surface area contributed by atoms with Crippen LogP contribution in [-0.2, 0) is 14.3 Å². The molecular formula is C21H26N2O3S2. The van der Waals surface area contributed by atoms with Crippen LogP contribution in [0.3, 0.4) is 0 Å². The zero-order valence-electron chi connectivity index (χ0n) is 16.2. The molecule has 2 aliphatic rings. The maximum atomic E-state index is 12.6. The number of carbonyl (C=O) groups excluding carboxylic acids is 2. The molecule has 0 radical (unpaired) electrons. The highest BCUT2D eigenvalue weighted by Crippen LogP contribution is 2.32. The van der Waals surface area contributed by atoms with Crippen LogP contribution in [0.15, 0.2) is 29.2 Å². The molecule has 2 amide bonds. The van der Waals surface area contributed by atoms with Gasteiger partial charge in [0.25, 0.3) is 5.91 Å². The lowest BCUT2D eigenvalue weighted by molar-refractivity contribution is -0.135. The molecule has 5 nitrogen and oxygen atoms in total. The van der Waals surface area contributed by atoms with E-state index in [-0.39, 0.29) is 11.8 Å². The summed E-state index contributed by atoms with van der Waals surface area (Å²) in [6, 6.07) is 8.08. The third kappa shape index (κ3) is 5.65. The van der Waals surface area contributed by atoms with Crippen LogP contribution in [-0.4, -0.2) is 58.8 Å². The molecule has 0 bridgehead atoms. The van der Waals surface area contributed by atoms with Gasteiger partial charge in [0.15, 0.2) is 0 Å². The minimum Gasteiger partial charge on any atom is -0.378 e. The third-order valence-corrected chi connectivity index (χ3v) is 6.26. The lowest BCUT2D eigenvalue weighted by Crippen LogP contribution is -2.40. The molecule has 0 N–H and O–H groups in total. The number of rotatable bonds is 7. The Kier molecular flexibility index (Phi) is 7.65. The zero-order valence-corrected chi connectivity index (χ0v) is 17.8. The van der Waals surface area contributed by atoms with Gasteiger partial charge in [-0.15, -0.1) is 0 Å². The molecule has 3 rings (SSSR count). The Morgan fingerprint density at radius 3 is 2.61 bits per heavy atom. The molecule has 2 heterocycles. The second-order valence-corrected chi connectivity index (χ2v) is 8.72. The van der Waals surface area contributed by atoms with Crippen molar-refractivity contribution in [3.05, 3.63) is 40.3 Å². The average molecular weight is 419 g/mol. The first kappa shape index (κ1) is 21.0. The number of unbranched alkanes of at least 4 members (excludes halogenated alkanes) is 2. The summed E-state index contributed by atoms with van der Waals surface area (Å²) < 4.78 is 5.89. The Labute approximate surface area is 176 Å². The molecule has 0 aromatic heterocycles. The first-order valence-corrected chi connectivity index (χ1v) is 10.9. The quantitative estimate of drug-likeness (QED) is 0.385. The summed E-state index contributed by atoms with van der Waals surface area (Å²) in [5.74, 6) is 0.190. The van der Waals surface area contributed by atoms with E-state index in [2.05, 4.69) is 0 Å². The van der Waals surface area contributed by atoms with Crippen molar-refractivity contribution in [2.75, 3.05) is 32.8 Å². The first-order chi connectivity index (χ1) is 13.5. The van der Waals surface area contributed by atoms with Gasteiger partial charge in [0, 0.05) is 26.1 Å². The van der Waals surface area contributed by atoms with Crippen molar-refractivity contribution >= 4 is 46.2 Å². The van der Waals surface area contributed by atoms with Crippen LogP contribution in [0.4, 0.5) is 0 Å². The molecule has 2 saturated heterocycles. The molecule has 150 valence electrons. The molecule has 28 heavy (non-hydrogen) atoms. The van der Waals surface area contributed by atoms with E-state index in [4.69, 9.17) is 17.0 Å². The number of carbonyl (C=O) groups is 2. The molecule has 7 heteroatoms. The van der Waals surface area contributed by atoms with Gasteiger partial charge in [-0.1, -0.05) is 60.2 Å². The maximum Gasteiger partial charge on any atom is 0.266 e. The Bertz CT molecular complexity index is 755. The second kappa shape index (κ2) is 10.2. The lowest BCUT2D eigenvalue weighted by atomic mass is 10.1. The number of thiocarbonyl (C=S) groups is 1. The number of benzene rings is 1. The largest absolute Gasteiger partial charge is 0.378 e. The van der Waals surface area contributed by atoms with Gasteiger partial charge in [0.1, 0.15) is 4.32 Å². The number of hydrogen-bond donors (Lipinski definition) is 0. The fraction of sp³-hybridized carbons (Fsp3) is 0.476. The van der Waals surface area contributed by atoms with Gasteiger partial charge in [0.2, 0.25) is 5.91 Å². The van der Waals surface area contributed by atoms with Crippen molar-refractivity contribution in [1.82, 2.24) is 9.80 Å². The predicted molar refractivity (Wildman–Crippen MR) is 117 cm³/mol. The van der Waals surface area contributed by atoms with Gasteiger partial charge in [-0.2, -0.15) is 0 Å². The van der Waals surface area contributed by atoms with E-state index in [1.807, 2.05) is 42.2 Å². The van der Waals surface area contributed by atoms with E-state index in [1.165, 1.54) is 17.3 Å². The van der Waals surface area contributed by atoms with Gasteiger partial charge in [0.05, 0.1) is 18.1 Å². The van der Waals surface area contributed by atoms with Gasteiger partial charge in [-0.25, -0.2) is 0 Å². The summed E-state index contributed by atoms with van der Waals surface area (Å²) in [4.78, 5) is 29.0. The highest BCUT2D eigenvalue weighted by atomic mass is 32.2. The standard InChI is InChI=1S/C21H26N2O3S2/c1-16-6-8-17(9-7-16)15-18-20(25)23(21(27)28-18)10-4-2-3-5-19(24)22-11-13-26-14-12-22/h6-9,15H,2-5,10-14H2,1H3. The minimum atomic E-state index is -0.0139. The summed E-state index contributed by atoms with van der Waals surface area (Å²) in [6.07, 6.45) is 5.06. The number of amides is 2. The maximum absolute atomic E-state index is 12.6. The van der Waals surface area contributed by atoms with Crippen molar-refractivity contribution in [2.24, 2.45) is 0 Å². The predicted octanol–water partition coefficient (Wildman–Crippen LogP) is 3.62. The van der Waals surface area contributed by atoms with Crippen molar-refractivity contribution in [2.45, 2.75) is 32.6 Å². The number of morpholine rings is 1. The van der Waals surface area contributed by atoms with Crippen LogP contribution in [0.5, 0.6) is 0 Å². The van der Waals surface area contributed by atoms with Crippen LogP contribution < -0.4 is 0 Å². The molecule has 0 aliphatic carbocycles. The minimum absolute atomic E-state index is 0.0139. The number of nitrogens with zero attached hydrogens (tertiary/aromatic N) is 2. The summed E-state index contributed by atoms with van der Waals surface area (Å²) in [6.45, 7) is 5.32. The number of ether oxygens (including phenoxy) is 1. The van der Waals surface area contributed by atoms with Crippen LogP contribution in [0, 0.1) is 6.92 Å². The van der Waals surface area contributed by atoms with Crippen molar-refractivity contribution in [1.29, 1.82) is 0 Å². The van der Waals surface area contributed by atoms with Crippen LogP contribution in [0.2, 0.25) is 0 Å². The molecule has 0 spiro atoms. The summed E-state index contributed by atoms with van der Waals surface area (Å²) in [7, 11) is 0. The molecule has 1 aromatic carbocycles. The third-order valence-electron chi connectivity index (χ3n) is 4.88. The topological polar surface area (TPSA) is 49.9 Å². The smallest absolute Gasteiger partial charge is 0.266 e. The van der Waals surface area contributed by atoms with Crippen LogP contribution >= 0.6 is 24.0 Å². The zero-order chi connectivity index (χ0) is 19.9. The lowest BCUT2D eigenvalue weighted by Gasteiger charge is -2.26. The van der Waals surface area contributed by atoms with E-state index in [0.717, 1.165) is 24.8 Å². The normalized spacial score (nSPS) is 19.0. The summed E-state index contributed by atoms with van der Waals surface area (Å²) >= 11 is 6.76. The Morgan fingerprint density at radius 1 is 1.18 bits per heavy atom. The summed E-state index contributed by atoms with van der Waals surface area (Å²) in [5, 5.41) is 0. The molecular weight excluding hydrogens is 392 g/mol. The SMILES string of the molecule is Cc1ccc(C=C2SC(=S)N(CCCCCC(=O)N3CCOCC3)C2=O)cc1. The van der Waals surface area contributed by atoms with Crippen molar-refractivity contribution in [3.63, 3.8) is 0 Å². The van der Waals surface area contributed by atoms with E-state index in [9.17, 15) is 9.59 Å². The Morgan fingerprint density at radius 2 is 1.89 bits per heavy atom. The second-order valence-electron chi connectivity index (χ2n) is 7.05. The molecule has 2 fully saturated rings. The molecule has 0 atom stereocenters. The van der Waals surface area contributed by atoms with E-state index < -0.39 is 0 Å².